The number of amides is 2. The summed E-state index contributed by atoms with van der Waals surface area (Å²) in [6.45, 7) is 3.70. The molecule has 2 fully saturated rings. The van der Waals surface area contributed by atoms with E-state index >= 15 is 0 Å². The van der Waals surface area contributed by atoms with Gasteiger partial charge >= 0.3 is 0 Å². The molecule has 4 nitrogen and oxygen atoms in total. The summed E-state index contributed by atoms with van der Waals surface area (Å²) in [7, 11) is 0. The van der Waals surface area contributed by atoms with Crippen molar-refractivity contribution in [3.05, 3.63) is 35.4 Å². The molecule has 1 saturated heterocycles. The number of fused-ring (bicyclic) bond motifs is 1. The number of hydrogen-bond acceptors (Lipinski definition) is 3. The quantitative estimate of drug-likeness (QED) is 0.739. The van der Waals surface area contributed by atoms with E-state index in [-0.39, 0.29) is 35.5 Å². The molecule has 1 heterocycles. The number of carbonyl (C=O) groups excluding carboxylic acids is 3. The standard InChI is InChI=1S/C17H17NO3/c1-8(2)18-16(20)14-11-7-12(19)13(15(14)17(18)21)10-6-4-3-5-9(10)11/h3-6,8,11,13-15H,7H2,1-2H3/t11-,13-,14+,15+/m1/s1. The first-order chi connectivity index (χ1) is 10.0. The Morgan fingerprint density at radius 1 is 1.00 bits per heavy atom. The highest BCUT2D eigenvalue weighted by molar-refractivity contribution is 6.11. The number of nitrogens with zero attached hydrogens (tertiary/aromatic N) is 1. The summed E-state index contributed by atoms with van der Waals surface area (Å²) in [4.78, 5) is 39.2. The number of carbonyl (C=O) groups is 3. The average Bonchev–Trinajstić information content (AvgIpc) is 2.72. The molecule has 2 amide bonds. The van der Waals surface area contributed by atoms with Gasteiger partial charge in [0.05, 0.1) is 17.8 Å². The first-order valence-electron chi connectivity index (χ1n) is 7.51. The number of ketones is 1. The van der Waals surface area contributed by atoms with E-state index in [0.29, 0.717) is 6.42 Å². The number of hydrogen-bond donors (Lipinski definition) is 0. The number of benzene rings is 1. The van der Waals surface area contributed by atoms with E-state index in [1.807, 2.05) is 38.1 Å². The normalized spacial score (nSPS) is 33.7. The van der Waals surface area contributed by atoms with Crippen LogP contribution in [0.2, 0.25) is 0 Å². The zero-order chi connectivity index (χ0) is 14.9. The van der Waals surface area contributed by atoms with Crippen LogP contribution in [0, 0.1) is 11.8 Å². The Morgan fingerprint density at radius 3 is 2.29 bits per heavy atom. The molecule has 4 aliphatic rings. The molecule has 5 rings (SSSR count). The van der Waals surface area contributed by atoms with Gasteiger partial charge in [-0.25, -0.2) is 0 Å². The van der Waals surface area contributed by atoms with E-state index in [0.717, 1.165) is 11.1 Å². The van der Waals surface area contributed by atoms with E-state index in [1.165, 1.54) is 4.90 Å². The molecule has 2 bridgehead atoms. The smallest absolute Gasteiger partial charge is 0.234 e. The second kappa shape index (κ2) is 4.03. The van der Waals surface area contributed by atoms with Gasteiger partial charge in [-0.1, -0.05) is 24.3 Å². The van der Waals surface area contributed by atoms with Crippen LogP contribution in [0.25, 0.3) is 0 Å². The molecule has 1 aliphatic heterocycles. The second-order valence-electron chi connectivity index (χ2n) is 6.58. The van der Waals surface area contributed by atoms with Crippen molar-refractivity contribution in [1.82, 2.24) is 4.90 Å². The van der Waals surface area contributed by atoms with Gasteiger partial charge in [0.2, 0.25) is 11.8 Å². The summed E-state index contributed by atoms with van der Waals surface area (Å²) < 4.78 is 0. The predicted octanol–water partition coefficient (Wildman–Crippen LogP) is 1.85. The van der Waals surface area contributed by atoms with E-state index < -0.39 is 11.8 Å². The van der Waals surface area contributed by atoms with Crippen LogP contribution in [-0.2, 0) is 14.4 Å². The molecule has 1 saturated carbocycles. The van der Waals surface area contributed by atoms with Crippen molar-refractivity contribution in [1.29, 1.82) is 0 Å². The Hall–Kier alpha value is -1.97. The lowest BCUT2D eigenvalue weighted by Gasteiger charge is -2.43. The number of rotatable bonds is 1. The molecule has 21 heavy (non-hydrogen) atoms. The lowest BCUT2D eigenvalue weighted by atomic mass is 9.56. The molecule has 0 aromatic heterocycles. The van der Waals surface area contributed by atoms with Crippen LogP contribution in [0.1, 0.15) is 43.2 Å². The fourth-order valence-electron chi connectivity index (χ4n) is 4.49. The Balaban J connectivity index is 1.91. The maximum absolute atomic E-state index is 12.7. The molecule has 1 aromatic rings. The zero-order valence-corrected chi connectivity index (χ0v) is 12.1. The van der Waals surface area contributed by atoms with E-state index in [1.54, 1.807) is 0 Å². The van der Waals surface area contributed by atoms with Gasteiger partial charge in [0.15, 0.2) is 0 Å². The van der Waals surface area contributed by atoms with Crippen LogP contribution >= 0.6 is 0 Å². The number of likely N-dealkylation sites (tertiary alicyclic amines) is 1. The fourth-order valence-corrected chi connectivity index (χ4v) is 4.49. The van der Waals surface area contributed by atoms with Gasteiger partial charge in [0.1, 0.15) is 5.78 Å². The highest BCUT2D eigenvalue weighted by Crippen LogP contribution is 2.57. The molecule has 0 N–H and O–H groups in total. The molecule has 108 valence electrons. The van der Waals surface area contributed by atoms with Crippen LogP contribution in [0.15, 0.2) is 24.3 Å². The molecular weight excluding hydrogens is 266 g/mol. The maximum atomic E-state index is 12.7. The third-order valence-electron chi connectivity index (χ3n) is 5.24. The van der Waals surface area contributed by atoms with E-state index in [2.05, 4.69) is 0 Å². The first-order valence-corrected chi connectivity index (χ1v) is 7.51. The van der Waals surface area contributed by atoms with Gasteiger partial charge in [-0.2, -0.15) is 0 Å². The van der Waals surface area contributed by atoms with Gasteiger partial charge in [-0.3, -0.25) is 19.3 Å². The van der Waals surface area contributed by atoms with E-state index in [4.69, 9.17) is 0 Å². The van der Waals surface area contributed by atoms with Crippen molar-refractivity contribution in [3.63, 3.8) is 0 Å². The van der Waals surface area contributed by atoms with Gasteiger partial charge in [0.25, 0.3) is 0 Å². The third-order valence-corrected chi connectivity index (χ3v) is 5.24. The summed E-state index contributed by atoms with van der Waals surface area (Å²) in [5, 5.41) is 0. The predicted molar refractivity (Wildman–Crippen MR) is 75.5 cm³/mol. The highest BCUT2D eigenvalue weighted by Gasteiger charge is 2.62. The van der Waals surface area contributed by atoms with Gasteiger partial charge in [-0.05, 0) is 25.0 Å². The Kier molecular flexibility index (Phi) is 2.44. The Morgan fingerprint density at radius 2 is 1.62 bits per heavy atom. The lowest BCUT2D eigenvalue weighted by molar-refractivity contribution is -0.142. The van der Waals surface area contributed by atoms with Crippen LogP contribution in [0.4, 0.5) is 0 Å². The first kappa shape index (κ1) is 12.7. The highest BCUT2D eigenvalue weighted by atomic mass is 16.2. The van der Waals surface area contributed by atoms with Crippen molar-refractivity contribution in [2.24, 2.45) is 11.8 Å². The molecule has 0 unspecified atom stereocenters. The third kappa shape index (κ3) is 1.42. The van der Waals surface area contributed by atoms with Gasteiger partial charge in [-0.15, -0.1) is 0 Å². The number of imide groups is 1. The monoisotopic (exact) mass is 283 g/mol. The summed E-state index contributed by atoms with van der Waals surface area (Å²) in [6, 6.07) is 7.65. The van der Waals surface area contributed by atoms with Gasteiger partial charge in [0, 0.05) is 18.4 Å². The molecule has 0 spiro atoms. The minimum atomic E-state index is -0.471. The molecule has 1 aromatic carbocycles. The lowest BCUT2D eigenvalue weighted by Crippen LogP contribution is -2.44. The summed E-state index contributed by atoms with van der Waals surface area (Å²) >= 11 is 0. The fraction of sp³-hybridized carbons (Fsp3) is 0.471. The minimum absolute atomic E-state index is 0.0861. The van der Waals surface area contributed by atoms with Crippen LogP contribution < -0.4 is 0 Å². The average molecular weight is 283 g/mol. The molecule has 0 radical (unpaired) electrons. The molecule has 4 atom stereocenters. The van der Waals surface area contributed by atoms with Crippen LogP contribution in [-0.4, -0.2) is 28.5 Å². The van der Waals surface area contributed by atoms with Crippen molar-refractivity contribution < 1.29 is 14.4 Å². The van der Waals surface area contributed by atoms with E-state index in [9.17, 15) is 14.4 Å². The van der Waals surface area contributed by atoms with Crippen LogP contribution in [0.3, 0.4) is 0 Å². The van der Waals surface area contributed by atoms with Crippen molar-refractivity contribution in [3.8, 4) is 0 Å². The second-order valence-corrected chi connectivity index (χ2v) is 6.58. The number of Topliss-reactive ketones (excluding diaryl/α,β-unsaturated/α-hetero) is 1. The Bertz CT molecular complexity index is 678. The van der Waals surface area contributed by atoms with Crippen molar-refractivity contribution in [2.45, 2.75) is 38.1 Å². The van der Waals surface area contributed by atoms with Crippen molar-refractivity contribution >= 4 is 17.6 Å². The van der Waals surface area contributed by atoms with Crippen LogP contribution in [0.5, 0.6) is 0 Å². The topological polar surface area (TPSA) is 54.5 Å². The van der Waals surface area contributed by atoms with Gasteiger partial charge < -0.3 is 0 Å². The Labute approximate surface area is 123 Å². The molecule has 3 aliphatic carbocycles. The SMILES string of the molecule is CC(C)N1C(=O)[C@@H]2[C@@H](C1=O)[C@H]1C(=O)C[C@@H]2c2ccccc21. The molecular formula is C17H17NO3. The minimum Gasteiger partial charge on any atom is -0.299 e. The summed E-state index contributed by atoms with van der Waals surface area (Å²) in [6.07, 6.45) is 0.397. The summed E-state index contributed by atoms with van der Waals surface area (Å²) in [5.41, 5.74) is 2.06. The largest absolute Gasteiger partial charge is 0.299 e. The molecule has 4 heteroatoms. The maximum Gasteiger partial charge on any atom is 0.234 e. The zero-order valence-electron chi connectivity index (χ0n) is 12.1. The van der Waals surface area contributed by atoms with Crippen molar-refractivity contribution in [2.75, 3.05) is 0 Å². The summed E-state index contributed by atoms with van der Waals surface area (Å²) in [5.74, 6) is -1.47.